The predicted octanol–water partition coefficient (Wildman–Crippen LogP) is 1.95. The van der Waals surface area contributed by atoms with Crippen LogP contribution in [-0.4, -0.2) is 36.0 Å². The lowest BCUT2D eigenvalue weighted by atomic mass is 10.2. The van der Waals surface area contributed by atoms with Gasteiger partial charge in [0.1, 0.15) is 5.69 Å². The topological polar surface area (TPSA) is 86.6 Å². The maximum Gasteiger partial charge on any atom is 0.257 e. The van der Waals surface area contributed by atoms with E-state index in [4.69, 9.17) is 4.52 Å². The number of aromatic nitrogens is 6. The Morgan fingerprint density at radius 1 is 1.19 bits per heavy atom. The van der Waals surface area contributed by atoms with E-state index in [1.165, 1.54) is 5.69 Å². The molecule has 4 heterocycles. The molecule has 0 saturated heterocycles. The minimum absolute atomic E-state index is 0.478. The van der Waals surface area contributed by atoms with Gasteiger partial charge in [-0.25, -0.2) is 4.98 Å². The van der Waals surface area contributed by atoms with Gasteiger partial charge in [-0.05, 0) is 18.2 Å². The van der Waals surface area contributed by atoms with Gasteiger partial charge < -0.3 is 14.4 Å². The zero-order chi connectivity index (χ0) is 17.3. The normalized spacial score (nSPS) is 13.7. The Kier molecular flexibility index (Phi) is 3.60. The first kappa shape index (κ1) is 15.0. The summed E-state index contributed by atoms with van der Waals surface area (Å²) < 4.78 is 9.41. The molecular weight excluding hydrogens is 330 g/mol. The van der Waals surface area contributed by atoms with Gasteiger partial charge in [0.05, 0.1) is 18.8 Å². The first-order valence-electron chi connectivity index (χ1n) is 8.54. The molecule has 0 aliphatic carbocycles. The van der Waals surface area contributed by atoms with Gasteiger partial charge in [-0.15, -0.1) is 0 Å². The lowest BCUT2D eigenvalue weighted by molar-refractivity contribution is 0.420. The number of imidazole rings is 1. The molecule has 0 bridgehead atoms. The van der Waals surface area contributed by atoms with Gasteiger partial charge >= 0.3 is 0 Å². The van der Waals surface area contributed by atoms with E-state index in [0.29, 0.717) is 18.3 Å². The maximum absolute atomic E-state index is 5.39. The summed E-state index contributed by atoms with van der Waals surface area (Å²) in [7, 11) is 0. The van der Waals surface area contributed by atoms with Crippen molar-refractivity contribution >= 4 is 0 Å². The van der Waals surface area contributed by atoms with Crippen LogP contribution in [0.1, 0.15) is 11.5 Å². The largest absolute Gasteiger partial charge is 0.334 e. The Balaban J connectivity index is 1.42. The van der Waals surface area contributed by atoms with Gasteiger partial charge in [-0.1, -0.05) is 23.4 Å². The summed E-state index contributed by atoms with van der Waals surface area (Å²) in [4.78, 5) is 8.96. The fourth-order valence-electron chi connectivity index (χ4n) is 3.14. The molecule has 1 N–H and O–H groups in total. The molecular formula is C18H17N7O. The second-order valence-electron chi connectivity index (χ2n) is 6.18. The summed E-state index contributed by atoms with van der Waals surface area (Å²) in [6.45, 7) is 3.13. The van der Waals surface area contributed by atoms with Crippen LogP contribution in [-0.2, 0) is 19.6 Å². The number of hydrogen-bond donors (Lipinski definition) is 1. The fourth-order valence-corrected chi connectivity index (χ4v) is 3.14. The zero-order valence-corrected chi connectivity index (χ0v) is 14.0. The van der Waals surface area contributed by atoms with Crippen LogP contribution >= 0.6 is 0 Å². The molecule has 0 atom stereocenters. The molecule has 5 rings (SSSR count). The maximum atomic E-state index is 5.39. The van der Waals surface area contributed by atoms with Gasteiger partial charge in [0, 0.05) is 31.0 Å². The Morgan fingerprint density at radius 2 is 2.12 bits per heavy atom. The first-order valence-corrected chi connectivity index (χ1v) is 8.54. The second-order valence-corrected chi connectivity index (χ2v) is 6.18. The summed E-state index contributed by atoms with van der Waals surface area (Å²) in [6, 6.07) is 11.8. The van der Waals surface area contributed by atoms with Crippen LogP contribution in [0.5, 0.6) is 0 Å². The molecule has 0 amide bonds. The van der Waals surface area contributed by atoms with Crippen LogP contribution in [0, 0.1) is 0 Å². The third-order valence-corrected chi connectivity index (χ3v) is 4.41. The van der Waals surface area contributed by atoms with Crippen LogP contribution in [0.15, 0.2) is 53.3 Å². The molecule has 130 valence electrons. The van der Waals surface area contributed by atoms with Crippen molar-refractivity contribution in [2.75, 3.05) is 6.54 Å². The van der Waals surface area contributed by atoms with Crippen LogP contribution in [0.2, 0.25) is 0 Å². The predicted molar refractivity (Wildman–Crippen MR) is 94.0 cm³/mol. The third kappa shape index (κ3) is 2.70. The number of nitrogens with one attached hydrogen (secondary N) is 1. The number of rotatable bonds is 4. The molecule has 0 spiro atoms. The van der Waals surface area contributed by atoms with Gasteiger partial charge in [0.25, 0.3) is 5.89 Å². The fraction of sp³-hybridized carbons (Fsp3) is 0.222. The summed E-state index contributed by atoms with van der Waals surface area (Å²) in [5.74, 6) is 1.93. The van der Waals surface area contributed by atoms with Gasteiger partial charge in [-0.2, -0.15) is 10.1 Å². The number of hydrogen-bond acceptors (Lipinski definition) is 6. The molecule has 1 aliphatic heterocycles. The molecule has 0 radical (unpaired) electrons. The zero-order valence-electron chi connectivity index (χ0n) is 14.0. The second kappa shape index (κ2) is 6.23. The summed E-state index contributed by atoms with van der Waals surface area (Å²) in [5.41, 5.74) is 2.94. The highest BCUT2D eigenvalue weighted by Crippen LogP contribution is 2.21. The average molecular weight is 347 g/mol. The van der Waals surface area contributed by atoms with E-state index in [9.17, 15) is 0 Å². The van der Waals surface area contributed by atoms with E-state index in [-0.39, 0.29) is 0 Å². The summed E-state index contributed by atoms with van der Waals surface area (Å²) >= 11 is 0. The molecule has 0 saturated carbocycles. The van der Waals surface area contributed by atoms with Crippen molar-refractivity contribution in [1.82, 2.24) is 34.8 Å². The molecule has 0 unspecified atom stereocenters. The smallest absolute Gasteiger partial charge is 0.257 e. The SMILES string of the molecule is c1ccc(-c2nc(Cn3ccnc3-c3cc4n(n3)CCNC4)no2)cc1. The van der Waals surface area contributed by atoms with Crippen molar-refractivity contribution in [3.05, 3.63) is 60.3 Å². The van der Waals surface area contributed by atoms with Crippen molar-refractivity contribution in [3.8, 4) is 23.0 Å². The number of nitrogens with zero attached hydrogens (tertiary/aromatic N) is 6. The molecule has 4 aromatic rings. The van der Waals surface area contributed by atoms with Crippen LogP contribution in [0.4, 0.5) is 0 Å². The van der Waals surface area contributed by atoms with Crippen molar-refractivity contribution in [1.29, 1.82) is 0 Å². The van der Waals surface area contributed by atoms with E-state index in [0.717, 1.165) is 36.7 Å². The molecule has 0 fully saturated rings. The van der Waals surface area contributed by atoms with Crippen LogP contribution in [0.25, 0.3) is 23.0 Å². The highest BCUT2D eigenvalue weighted by atomic mass is 16.5. The van der Waals surface area contributed by atoms with Gasteiger partial charge in [0.15, 0.2) is 11.6 Å². The summed E-state index contributed by atoms with van der Waals surface area (Å²) in [5, 5.41) is 12.1. The third-order valence-electron chi connectivity index (χ3n) is 4.41. The minimum atomic E-state index is 0.478. The molecule has 1 aliphatic rings. The summed E-state index contributed by atoms with van der Waals surface area (Å²) in [6.07, 6.45) is 3.68. The van der Waals surface area contributed by atoms with E-state index < -0.39 is 0 Å². The van der Waals surface area contributed by atoms with Gasteiger partial charge in [0.2, 0.25) is 0 Å². The first-order chi connectivity index (χ1) is 12.9. The highest BCUT2D eigenvalue weighted by Gasteiger charge is 2.17. The van der Waals surface area contributed by atoms with Gasteiger partial charge in [-0.3, -0.25) is 4.68 Å². The van der Waals surface area contributed by atoms with E-state index in [2.05, 4.69) is 31.6 Å². The lowest BCUT2D eigenvalue weighted by Crippen LogP contribution is -2.28. The van der Waals surface area contributed by atoms with Crippen molar-refractivity contribution in [2.45, 2.75) is 19.6 Å². The Labute approximate surface area is 149 Å². The Hall–Kier alpha value is -3.26. The average Bonchev–Trinajstić information content (AvgIpc) is 3.41. The van der Waals surface area contributed by atoms with Crippen molar-refractivity contribution < 1.29 is 4.52 Å². The number of benzene rings is 1. The van der Waals surface area contributed by atoms with E-state index in [1.54, 1.807) is 6.20 Å². The quantitative estimate of drug-likeness (QED) is 0.607. The minimum Gasteiger partial charge on any atom is -0.334 e. The molecule has 1 aromatic carbocycles. The Bertz CT molecular complexity index is 1010. The van der Waals surface area contributed by atoms with E-state index >= 15 is 0 Å². The van der Waals surface area contributed by atoms with Crippen molar-refractivity contribution in [2.24, 2.45) is 0 Å². The molecule has 26 heavy (non-hydrogen) atoms. The molecule has 3 aromatic heterocycles. The van der Waals surface area contributed by atoms with Crippen LogP contribution in [0.3, 0.4) is 0 Å². The number of fused-ring (bicyclic) bond motifs is 1. The van der Waals surface area contributed by atoms with Crippen LogP contribution < -0.4 is 5.32 Å². The molecule has 8 nitrogen and oxygen atoms in total. The highest BCUT2D eigenvalue weighted by molar-refractivity contribution is 5.52. The molecule has 8 heteroatoms. The van der Waals surface area contributed by atoms with Crippen molar-refractivity contribution in [3.63, 3.8) is 0 Å². The monoisotopic (exact) mass is 347 g/mol. The lowest BCUT2D eigenvalue weighted by Gasteiger charge is -2.13. The standard InChI is InChI=1S/C18H17N7O/c1-2-4-13(5-3-1)18-21-16(23-26-18)12-24-8-7-20-17(24)15-10-14-11-19-6-9-25(14)22-15/h1-5,7-8,10,19H,6,9,11-12H2. The Morgan fingerprint density at radius 3 is 3.00 bits per heavy atom. The van der Waals surface area contributed by atoms with E-state index in [1.807, 2.05) is 45.8 Å².